The third-order valence-corrected chi connectivity index (χ3v) is 4.64. The van der Waals surface area contributed by atoms with E-state index in [4.69, 9.17) is 5.84 Å². The summed E-state index contributed by atoms with van der Waals surface area (Å²) < 4.78 is 22.1. The van der Waals surface area contributed by atoms with E-state index in [9.17, 15) is 8.42 Å². The normalized spacial score (nSPS) is 12.2. The fourth-order valence-corrected chi connectivity index (χ4v) is 1.30. The summed E-state index contributed by atoms with van der Waals surface area (Å²) >= 11 is 0. The molecule has 0 amide bonds. The number of hydrogen-bond donors (Lipinski definition) is 3. The maximum atomic E-state index is 11.5. The van der Waals surface area contributed by atoms with Gasteiger partial charge in [-0.1, -0.05) is 0 Å². The van der Waals surface area contributed by atoms with E-state index >= 15 is 0 Å². The predicted molar refractivity (Wildman–Crippen MR) is 67.3 cm³/mol. The molecule has 0 aromatic carbocycles. The minimum atomic E-state index is -3.13. The highest BCUT2D eigenvalue weighted by Crippen LogP contribution is 2.16. The van der Waals surface area contributed by atoms with Gasteiger partial charge < -0.3 is 5.32 Å². The number of hydrazine groups is 1. The molecule has 0 aliphatic heterocycles. The first-order valence-corrected chi connectivity index (χ1v) is 6.88. The van der Waals surface area contributed by atoms with Gasteiger partial charge in [-0.25, -0.2) is 19.2 Å². The van der Waals surface area contributed by atoms with Crippen LogP contribution in [0, 0.1) is 0 Å². The third-order valence-electron chi connectivity index (χ3n) is 2.48. The van der Waals surface area contributed by atoms with Crippen LogP contribution in [-0.4, -0.2) is 35.9 Å². The fraction of sp³-hybridized carbons (Fsp3) is 0.556. The van der Waals surface area contributed by atoms with Crippen molar-refractivity contribution in [2.45, 2.75) is 18.6 Å². The number of nitrogens with zero attached hydrogens (tertiary/aromatic N) is 2. The Morgan fingerprint density at radius 2 is 2.12 bits per heavy atom. The van der Waals surface area contributed by atoms with Crippen LogP contribution < -0.4 is 16.6 Å². The van der Waals surface area contributed by atoms with Crippen LogP contribution >= 0.6 is 0 Å². The number of sulfone groups is 1. The van der Waals surface area contributed by atoms with Gasteiger partial charge in [0.15, 0.2) is 9.84 Å². The topological polar surface area (TPSA) is 110 Å². The van der Waals surface area contributed by atoms with Crippen LogP contribution in [0.3, 0.4) is 0 Å². The average Bonchev–Trinajstić information content (AvgIpc) is 2.25. The summed E-state index contributed by atoms with van der Waals surface area (Å²) in [6.45, 7) is 3.56. The van der Waals surface area contributed by atoms with E-state index in [1.54, 1.807) is 19.9 Å². The lowest BCUT2D eigenvalue weighted by Crippen LogP contribution is -2.38. The molecule has 96 valence electrons. The number of hydrogen-bond acceptors (Lipinski definition) is 7. The van der Waals surface area contributed by atoms with Gasteiger partial charge in [0.2, 0.25) is 5.95 Å². The van der Waals surface area contributed by atoms with Crippen LogP contribution in [0.2, 0.25) is 0 Å². The van der Waals surface area contributed by atoms with E-state index in [-0.39, 0.29) is 12.5 Å². The zero-order valence-corrected chi connectivity index (χ0v) is 10.9. The molecule has 0 aliphatic rings. The second-order valence-electron chi connectivity index (χ2n) is 4.30. The highest BCUT2D eigenvalue weighted by atomic mass is 32.2. The van der Waals surface area contributed by atoms with Crippen molar-refractivity contribution in [3.05, 3.63) is 12.3 Å². The van der Waals surface area contributed by atoms with E-state index in [1.165, 1.54) is 12.5 Å². The number of nitrogen functional groups attached to an aromatic ring is 1. The minimum absolute atomic E-state index is 0.257. The van der Waals surface area contributed by atoms with Crippen molar-refractivity contribution >= 4 is 21.6 Å². The standard InChI is InChI=1S/C9H17N5O2S/c1-9(2,17(3,15)16)6-12-7-4-5-11-8(13-7)14-10/h4-5H,6,10H2,1-3H3,(H2,11,12,13,14). The molecule has 0 saturated carbocycles. The first kappa shape index (κ1) is 13.7. The van der Waals surface area contributed by atoms with E-state index in [2.05, 4.69) is 20.7 Å². The van der Waals surface area contributed by atoms with Crippen molar-refractivity contribution in [3.8, 4) is 0 Å². The molecule has 1 heterocycles. The Hall–Kier alpha value is -1.41. The Bertz CT molecular complexity index is 486. The molecule has 1 aromatic heterocycles. The maximum Gasteiger partial charge on any atom is 0.239 e. The van der Waals surface area contributed by atoms with Gasteiger partial charge in [0.25, 0.3) is 0 Å². The van der Waals surface area contributed by atoms with Gasteiger partial charge in [0.05, 0.1) is 4.75 Å². The van der Waals surface area contributed by atoms with Gasteiger partial charge in [-0.2, -0.15) is 4.98 Å². The Kier molecular flexibility index (Phi) is 3.89. The molecule has 0 spiro atoms. The van der Waals surface area contributed by atoms with Gasteiger partial charge in [0.1, 0.15) is 5.82 Å². The number of anilines is 2. The van der Waals surface area contributed by atoms with E-state index < -0.39 is 14.6 Å². The van der Waals surface area contributed by atoms with Gasteiger partial charge in [0, 0.05) is 19.0 Å². The lowest BCUT2D eigenvalue weighted by atomic mass is 10.2. The molecular formula is C9H17N5O2S. The molecule has 0 atom stereocenters. The Balaban J connectivity index is 2.74. The minimum Gasteiger partial charge on any atom is -0.368 e. The summed E-state index contributed by atoms with van der Waals surface area (Å²) in [5.74, 6) is 5.96. The second-order valence-corrected chi connectivity index (χ2v) is 6.94. The van der Waals surface area contributed by atoms with Crippen molar-refractivity contribution in [1.82, 2.24) is 9.97 Å². The van der Waals surface area contributed by atoms with Crippen molar-refractivity contribution < 1.29 is 8.42 Å². The molecule has 0 saturated heterocycles. The van der Waals surface area contributed by atoms with Crippen molar-refractivity contribution in [2.24, 2.45) is 5.84 Å². The fourth-order valence-electron chi connectivity index (χ4n) is 0.961. The maximum absolute atomic E-state index is 11.5. The number of nitrogens with two attached hydrogens (primary N) is 1. The summed E-state index contributed by atoms with van der Waals surface area (Å²) in [7, 11) is -3.13. The Morgan fingerprint density at radius 1 is 1.47 bits per heavy atom. The predicted octanol–water partition coefficient (Wildman–Crippen LogP) is -0.00270. The summed E-state index contributed by atoms with van der Waals surface area (Å²) in [5, 5.41) is 2.94. The number of rotatable bonds is 5. The van der Waals surface area contributed by atoms with Crippen LogP contribution in [0.5, 0.6) is 0 Å². The summed E-state index contributed by atoms with van der Waals surface area (Å²) in [4.78, 5) is 7.87. The quantitative estimate of drug-likeness (QED) is 0.504. The molecule has 1 aromatic rings. The molecule has 0 bridgehead atoms. The Labute approximate surface area is 101 Å². The summed E-state index contributed by atoms with van der Waals surface area (Å²) in [5.41, 5.74) is 2.31. The molecule has 0 radical (unpaired) electrons. The molecular weight excluding hydrogens is 242 g/mol. The zero-order valence-electron chi connectivity index (χ0n) is 10.1. The lowest BCUT2D eigenvalue weighted by molar-refractivity contribution is 0.559. The lowest BCUT2D eigenvalue weighted by Gasteiger charge is -2.23. The van der Waals surface area contributed by atoms with Crippen molar-refractivity contribution in [2.75, 3.05) is 23.5 Å². The molecule has 0 aliphatic carbocycles. The number of nitrogens with one attached hydrogen (secondary N) is 2. The third kappa shape index (κ3) is 3.53. The average molecular weight is 259 g/mol. The van der Waals surface area contributed by atoms with Crippen LogP contribution in [0.4, 0.5) is 11.8 Å². The molecule has 17 heavy (non-hydrogen) atoms. The van der Waals surface area contributed by atoms with Crippen molar-refractivity contribution in [3.63, 3.8) is 0 Å². The van der Waals surface area contributed by atoms with E-state index in [0.29, 0.717) is 5.82 Å². The highest BCUT2D eigenvalue weighted by molar-refractivity contribution is 7.92. The van der Waals surface area contributed by atoms with Gasteiger partial charge in [-0.05, 0) is 19.9 Å². The second kappa shape index (κ2) is 4.84. The van der Waals surface area contributed by atoms with Crippen molar-refractivity contribution in [1.29, 1.82) is 0 Å². The first-order chi connectivity index (χ1) is 7.76. The highest BCUT2D eigenvalue weighted by Gasteiger charge is 2.29. The van der Waals surface area contributed by atoms with Crippen LogP contribution in [0.1, 0.15) is 13.8 Å². The first-order valence-electron chi connectivity index (χ1n) is 4.99. The monoisotopic (exact) mass is 259 g/mol. The smallest absolute Gasteiger partial charge is 0.239 e. The summed E-state index contributed by atoms with van der Waals surface area (Å²) in [6.07, 6.45) is 2.74. The SMILES string of the molecule is CC(C)(CNc1ccnc(NN)n1)S(C)(=O)=O. The molecule has 0 fully saturated rings. The van der Waals surface area contributed by atoms with Gasteiger partial charge >= 0.3 is 0 Å². The van der Waals surface area contributed by atoms with Gasteiger partial charge in [-0.3, -0.25) is 5.43 Å². The van der Waals surface area contributed by atoms with Crippen LogP contribution in [-0.2, 0) is 9.84 Å². The van der Waals surface area contributed by atoms with E-state index in [1.807, 2.05) is 0 Å². The summed E-state index contributed by atoms with van der Waals surface area (Å²) in [6, 6.07) is 1.64. The molecule has 7 nitrogen and oxygen atoms in total. The molecule has 1 rings (SSSR count). The van der Waals surface area contributed by atoms with Gasteiger partial charge in [-0.15, -0.1) is 0 Å². The molecule has 0 unspecified atom stereocenters. The van der Waals surface area contributed by atoms with E-state index in [0.717, 1.165) is 0 Å². The molecule has 8 heteroatoms. The van der Waals surface area contributed by atoms with Crippen LogP contribution in [0.15, 0.2) is 12.3 Å². The Morgan fingerprint density at radius 3 is 2.65 bits per heavy atom. The molecule has 4 N–H and O–H groups in total. The zero-order chi connectivity index (χ0) is 13.1. The number of aromatic nitrogens is 2. The largest absolute Gasteiger partial charge is 0.368 e. The van der Waals surface area contributed by atoms with Crippen LogP contribution in [0.25, 0.3) is 0 Å².